The molecule has 0 radical (unpaired) electrons. The minimum atomic E-state index is -4.90. The largest absolute Gasteiger partial charge is 0.508 e. The molecule has 1 aliphatic rings. The van der Waals surface area contributed by atoms with Crippen LogP contribution in [0.15, 0.2) is 68.8 Å². The number of benzene rings is 3. The molecule has 4 N–H and O–H groups in total. The molecule has 0 unspecified atom stereocenters. The lowest BCUT2D eigenvalue weighted by atomic mass is 9.94. The second kappa shape index (κ2) is 12.1. The topological polar surface area (TPSA) is 198 Å². The molecule has 1 aliphatic carbocycles. The quantitative estimate of drug-likeness (QED) is 0.153. The number of carbonyl (C=O) groups excluding carboxylic acids is 2. The molecule has 3 aromatic rings. The first-order chi connectivity index (χ1) is 19.9. The number of aromatic hydroxyl groups is 1. The summed E-state index contributed by atoms with van der Waals surface area (Å²) in [6.45, 7) is 1.30. The molecule has 0 aliphatic heterocycles. The molecule has 42 heavy (non-hydrogen) atoms. The number of phenolic OH excluding ortho intramolecular Hbond substituents is 1. The number of phenols is 1. The maximum absolute atomic E-state index is 13.3. The van der Waals surface area contributed by atoms with Gasteiger partial charge in [0.05, 0.1) is 21.3 Å². The van der Waals surface area contributed by atoms with Crippen LogP contribution in [-0.2, 0) is 14.9 Å². The average Bonchev–Trinajstić information content (AvgIpc) is 2.94. The Labute approximate surface area is 240 Å². The molecular weight excluding hydrogens is 570 g/mol. The van der Waals surface area contributed by atoms with Crippen LogP contribution in [0.2, 0.25) is 0 Å². The van der Waals surface area contributed by atoms with Gasteiger partial charge in [-0.05, 0) is 42.0 Å². The zero-order chi connectivity index (χ0) is 30.6. The fourth-order valence-corrected chi connectivity index (χ4v) is 4.60. The Morgan fingerprint density at radius 3 is 2.19 bits per heavy atom. The lowest BCUT2D eigenvalue weighted by Crippen LogP contribution is -2.27. The van der Waals surface area contributed by atoms with Crippen LogP contribution >= 0.6 is 0 Å². The SMILES string of the molecule is COc1cc(O)ccc1/N=N/c1cc(OC)c(N/N=C2\C(=O)c3ccc(NC(C)=O)cc3C=C2S(=O)(=O)O)cc1OC. The maximum atomic E-state index is 13.3. The number of ketones is 1. The van der Waals surface area contributed by atoms with Gasteiger partial charge in [-0.3, -0.25) is 19.6 Å². The first-order valence-electron chi connectivity index (χ1n) is 12.0. The number of hydrazone groups is 1. The Balaban J connectivity index is 1.72. The van der Waals surface area contributed by atoms with E-state index in [0.29, 0.717) is 11.4 Å². The molecule has 0 fully saturated rings. The third-order valence-electron chi connectivity index (χ3n) is 5.85. The molecule has 14 nitrogen and oxygen atoms in total. The van der Waals surface area contributed by atoms with Gasteiger partial charge in [0.15, 0.2) is 5.71 Å². The molecule has 4 rings (SSSR count). The van der Waals surface area contributed by atoms with E-state index in [1.165, 1.54) is 76.8 Å². The summed E-state index contributed by atoms with van der Waals surface area (Å²) in [7, 11) is -0.732. The van der Waals surface area contributed by atoms with Crippen LogP contribution in [0.1, 0.15) is 22.8 Å². The normalized spacial score (nSPS) is 13.9. The summed E-state index contributed by atoms with van der Waals surface area (Å²) >= 11 is 0. The number of methoxy groups -OCH3 is 3. The summed E-state index contributed by atoms with van der Waals surface area (Å²) in [5, 5.41) is 24.5. The van der Waals surface area contributed by atoms with Crippen LogP contribution in [0.4, 0.5) is 22.7 Å². The molecule has 15 heteroatoms. The average molecular weight is 596 g/mol. The third kappa shape index (κ3) is 6.37. The fourth-order valence-electron chi connectivity index (χ4n) is 3.94. The van der Waals surface area contributed by atoms with Gasteiger partial charge in [0.1, 0.15) is 45.0 Å². The number of rotatable bonds is 9. The van der Waals surface area contributed by atoms with Crippen LogP contribution in [0.5, 0.6) is 23.0 Å². The van der Waals surface area contributed by atoms with E-state index in [4.69, 9.17) is 14.2 Å². The minimum Gasteiger partial charge on any atom is -0.508 e. The molecule has 0 spiro atoms. The lowest BCUT2D eigenvalue weighted by Gasteiger charge is -2.18. The number of ether oxygens (including phenoxy) is 3. The molecule has 1 amide bonds. The lowest BCUT2D eigenvalue weighted by molar-refractivity contribution is -0.114. The molecule has 218 valence electrons. The number of allylic oxidation sites excluding steroid dienone is 1. The summed E-state index contributed by atoms with van der Waals surface area (Å²) in [5.74, 6) is -0.500. The van der Waals surface area contributed by atoms with E-state index in [-0.39, 0.29) is 51.4 Å². The van der Waals surface area contributed by atoms with Crippen LogP contribution in [0, 0.1) is 0 Å². The molecule has 0 bridgehead atoms. The summed E-state index contributed by atoms with van der Waals surface area (Å²) < 4.78 is 50.3. The summed E-state index contributed by atoms with van der Waals surface area (Å²) in [4.78, 5) is 23.9. The van der Waals surface area contributed by atoms with Crippen molar-refractivity contribution in [2.24, 2.45) is 15.3 Å². The van der Waals surface area contributed by atoms with Crippen molar-refractivity contribution in [2.45, 2.75) is 6.92 Å². The maximum Gasteiger partial charge on any atom is 0.296 e. The van der Waals surface area contributed by atoms with Crippen molar-refractivity contribution in [2.75, 3.05) is 32.1 Å². The Morgan fingerprint density at radius 2 is 1.55 bits per heavy atom. The standard InChI is InChI=1S/C27H25N5O9S/c1-14(33)28-16-5-7-18-15(9-16)10-25(42(36,37)38)26(27(18)35)32-31-21-13-23(40-3)20(12-24(21)41-4)30-29-19-8-6-17(34)11-22(19)39-2/h5-13,31,34H,1-4H3,(H,28,33)(H,36,37,38)/b30-29+,32-26-. The zero-order valence-corrected chi connectivity index (χ0v) is 23.5. The van der Waals surface area contributed by atoms with Gasteiger partial charge in [-0.15, -0.1) is 10.2 Å². The molecule has 3 aromatic carbocycles. The highest BCUT2D eigenvalue weighted by atomic mass is 32.2. The highest BCUT2D eigenvalue weighted by molar-refractivity contribution is 7.91. The predicted molar refractivity (Wildman–Crippen MR) is 154 cm³/mol. The highest BCUT2D eigenvalue weighted by Crippen LogP contribution is 2.40. The van der Waals surface area contributed by atoms with Crippen molar-refractivity contribution in [1.29, 1.82) is 0 Å². The first-order valence-corrected chi connectivity index (χ1v) is 13.4. The highest BCUT2D eigenvalue weighted by Gasteiger charge is 2.33. The van der Waals surface area contributed by atoms with E-state index in [2.05, 4.69) is 26.1 Å². The van der Waals surface area contributed by atoms with Gasteiger partial charge in [0.2, 0.25) is 11.7 Å². The minimum absolute atomic E-state index is 0.0104. The number of Topliss-reactive ketones (excluding diaryl/α,β-unsaturated/α-hetero) is 1. The van der Waals surface area contributed by atoms with Crippen molar-refractivity contribution in [1.82, 2.24) is 0 Å². The van der Waals surface area contributed by atoms with Crippen LogP contribution in [0.25, 0.3) is 6.08 Å². The summed E-state index contributed by atoms with van der Waals surface area (Å²) in [6, 6.07) is 11.5. The summed E-state index contributed by atoms with van der Waals surface area (Å²) in [6.07, 6.45) is 1.08. The number of carbonyl (C=O) groups is 2. The van der Waals surface area contributed by atoms with E-state index < -0.39 is 26.5 Å². The second-order valence-corrected chi connectivity index (χ2v) is 10.0. The van der Waals surface area contributed by atoms with Crippen molar-refractivity contribution in [3.63, 3.8) is 0 Å². The monoisotopic (exact) mass is 595 g/mol. The number of hydrogen-bond donors (Lipinski definition) is 4. The number of anilines is 2. The Hall–Kier alpha value is -5.28. The number of amides is 1. The predicted octanol–water partition coefficient (Wildman–Crippen LogP) is 4.68. The molecule has 0 saturated heterocycles. The van der Waals surface area contributed by atoms with Gasteiger partial charge in [-0.1, -0.05) is 0 Å². The van der Waals surface area contributed by atoms with Crippen LogP contribution < -0.4 is 25.0 Å². The van der Waals surface area contributed by atoms with Gasteiger partial charge >= 0.3 is 0 Å². The van der Waals surface area contributed by atoms with Crippen molar-refractivity contribution in [3.8, 4) is 23.0 Å². The number of nitrogens with zero attached hydrogens (tertiary/aromatic N) is 3. The van der Waals surface area contributed by atoms with Crippen LogP contribution in [0.3, 0.4) is 0 Å². The number of fused-ring (bicyclic) bond motifs is 1. The molecular formula is C27H25N5O9S. The first kappa shape index (κ1) is 29.7. The van der Waals surface area contributed by atoms with E-state index in [1.54, 1.807) is 0 Å². The number of nitrogens with one attached hydrogen (secondary N) is 2. The third-order valence-corrected chi connectivity index (χ3v) is 6.71. The van der Waals surface area contributed by atoms with Gasteiger partial charge in [0.25, 0.3) is 10.1 Å². The number of hydrogen-bond acceptors (Lipinski definition) is 12. The van der Waals surface area contributed by atoms with E-state index >= 15 is 0 Å². The number of azo groups is 1. The van der Waals surface area contributed by atoms with Gasteiger partial charge in [-0.25, -0.2) is 0 Å². The molecule has 0 atom stereocenters. The van der Waals surface area contributed by atoms with Crippen molar-refractivity contribution >= 4 is 56.3 Å². The smallest absolute Gasteiger partial charge is 0.296 e. The Morgan fingerprint density at radius 1 is 0.881 bits per heavy atom. The van der Waals surface area contributed by atoms with Gasteiger partial charge in [-0.2, -0.15) is 13.5 Å². The molecule has 0 aromatic heterocycles. The molecule has 0 saturated carbocycles. The molecule has 0 heterocycles. The van der Waals surface area contributed by atoms with Crippen molar-refractivity contribution in [3.05, 3.63) is 64.6 Å². The van der Waals surface area contributed by atoms with E-state index in [0.717, 1.165) is 6.08 Å². The second-order valence-electron chi connectivity index (χ2n) is 8.65. The van der Waals surface area contributed by atoms with Crippen molar-refractivity contribution < 1.29 is 41.9 Å². The Bertz CT molecular complexity index is 1780. The van der Waals surface area contributed by atoms with Gasteiger partial charge < -0.3 is 24.6 Å². The fraction of sp³-hybridized carbons (Fsp3) is 0.148. The summed E-state index contributed by atoms with van der Waals surface area (Å²) in [5.41, 5.74) is 3.34. The van der Waals surface area contributed by atoms with E-state index in [1.807, 2.05) is 0 Å². The Kier molecular flexibility index (Phi) is 8.54. The van der Waals surface area contributed by atoms with Crippen LogP contribution in [-0.4, -0.2) is 56.8 Å². The van der Waals surface area contributed by atoms with Gasteiger partial charge in [0, 0.05) is 36.4 Å². The van der Waals surface area contributed by atoms with E-state index in [9.17, 15) is 27.7 Å². The zero-order valence-electron chi connectivity index (χ0n) is 22.7.